The Balaban J connectivity index is 2.18. The quantitative estimate of drug-likeness (QED) is 0.425. The van der Waals surface area contributed by atoms with E-state index in [0.29, 0.717) is 13.4 Å². The molecular weight excluding hydrogens is 82.0 g/mol. The smallest absolute Gasteiger partial charge is 0.149 e. The molecule has 1 fully saturated rings. The van der Waals surface area contributed by atoms with E-state index in [4.69, 9.17) is 15.2 Å². The minimum atomic E-state index is -0.176. The van der Waals surface area contributed by atoms with E-state index in [0.717, 1.165) is 0 Å². The van der Waals surface area contributed by atoms with Crippen molar-refractivity contribution in [1.82, 2.24) is 0 Å². The van der Waals surface area contributed by atoms with Gasteiger partial charge in [-0.05, 0) is 0 Å². The highest BCUT2D eigenvalue weighted by molar-refractivity contribution is 4.45. The molecule has 0 bridgehead atoms. The molecule has 3 nitrogen and oxygen atoms in total. The fourth-order valence-electron chi connectivity index (χ4n) is 0.348. The molecule has 0 aromatic rings. The van der Waals surface area contributed by atoms with E-state index in [9.17, 15) is 0 Å². The van der Waals surface area contributed by atoms with Crippen LogP contribution >= 0.6 is 0 Å². The molecule has 3 heteroatoms. The van der Waals surface area contributed by atoms with Crippen LogP contribution in [0.15, 0.2) is 0 Å². The van der Waals surface area contributed by atoms with Crippen LogP contribution in [-0.4, -0.2) is 19.6 Å². The maximum absolute atomic E-state index is 5.19. The van der Waals surface area contributed by atoms with Crippen molar-refractivity contribution < 1.29 is 9.47 Å². The average Bonchev–Trinajstić information content (AvgIpc) is 1.86. The maximum atomic E-state index is 5.19. The van der Waals surface area contributed by atoms with Gasteiger partial charge in [-0.15, -0.1) is 0 Å². The molecule has 0 aromatic carbocycles. The molecule has 0 saturated carbocycles. The zero-order valence-electron chi connectivity index (χ0n) is 3.39. The van der Waals surface area contributed by atoms with Gasteiger partial charge < -0.3 is 15.2 Å². The topological polar surface area (TPSA) is 44.5 Å². The molecule has 0 aromatic heterocycles. The van der Waals surface area contributed by atoms with Gasteiger partial charge in [0.15, 0.2) is 0 Å². The minimum Gasteiger partial charge on any atom is -0.351 e. The molecule has 1 rings (SSSR count). The van der Waals surface area contributed by atoms with Crippen LogP contribution in [0.1, 0.15) is 0 Å². The predicted molar refractivity (Wildman–Crippen MR) is 19.9 cm³/mol. The van der Waals surface area contributed by atoms with Crippen LogP contribution < -0.4 is 5.73 Å². The molecule has 1 heterocycles. The van der Waals surface area contributed by atoms with Crippen molar-refractivity contribution in [2.75, 3.05) is 13.4 Å². The molecule has 0 spiro atoms. The number of rotatable bonds is 0. The maximum Gasteiger partial charge on any atom is 0.149 e. The van der Waals surface area contributed by atoms with Crippen LogP contribution in [0.25, 0.3) is 0 Å². The van der Waals surface area contributed by atoms with Gasteiger partial charge in [-0.25, -0.2) is 0 Å². The molecule has 0 aliphatic carbocycles. The van der Waals surface area contributed by atoms with Crippen molar-refractivity contribution in [2.45, 2.75) is 6.23 Å². The van der Waals surface area contributed by atoms with E-state index < -0.39 is 0 Å². The largest absolute Gasteiger partial charge is 0.351 e. The van der Waals surface area contributed by atoms with E-state index in [1.165, 1.54) is 0 Å². The first-order chi connectivity index (χ1) is 2.89. The number of hydrogen-bond donors (Lipinski definition) is 1. The molecule has 0 amide bonds. The lowest BCUT2D eigenvalue weighted by atomic mass is 10.7. The fraction of sp³-hybridized carbons (Fsp3) is 1.00. The Bertz CT molecular complexity index is 42.1. The molecular formula is C3H7NO2. The normalized spacial score (nSPS) is 34.5. The van der Waals surface area contributed by atoms with Gasteiger partial charge in [0, 0.05) is 0 Å². The highest BCUT2D eigenvalue weighted by Crippen LogP contribution is 1.93. The summed E-state index contributed by atoms with van der Waals surface area (Å²) >= 11 is 0. The van der Waals surface area contributed by atoms with E-state index in [-0.39, 0.29) is 6.23 Å². The lowest BCUT2D eigenvalue weighted by molar-refractivity contribution is 0.0486. The van der Waals surface area contributed by atoms with E-state index in [1.807, 2.05) is 0 Å². The third-order valence-corrected chi connectivity index (χ3v) is 0.648. The summed E-state index contributed by atoms with van der Waals surface area (Å²) in [5.41, 5.74) is 5.19. The van der Waals surface area contributed by atoms with Crippen molar-refractivity contribution in [3.63, 3.8) is 0 Å². The summed E-state index contributed by atoms with van der Waals surface area (Å²) in [5, 5.41) is 0. The molecule has 1 aliphatic heterocycles. The van der Waals surface area contributed by atoms with E-state index >= 15 is 0 Å². The molecule has 1 unspecified atom stereocenters. The van der Waals surface area contributed by atoms with E-state index in [1.54, 1.807) is 0 Å². The molecule has 36 valence electrons. The standard InChI is InChI=1S/C3H7NO2/c4-3-1-5-2-6-3/h3H,1-2,4H2. The molecule has 2 N–H and O–H groups in total. The third-order valence-electron chi connectivity index (χ3n) is 0.648. The molecule has 1 saturated heterocycles. The van der Waals surface area contributed by atoms with Crippen molar-refractivity contribution >= 4 is 0 Å². The Morgan fingerprint density at radius 2 is 2.50 bits per heavy atom. The van der Waals surface area contributed by atoms with Gasteiger partial charge in [-0.3, -0.25) is 0 Å². The second-order valence-electron chi connectivity index (χ2n) is 1.19. The lowest BCUT2D eigenvalue weighted by Gasteiger charge is -1.91. The van der Waals surface area contributed by atoms with Crippen LogP contribution in [-0.2, 0) is 9.47 Å². The summed E-state index contributed by atoms with van der Waals surface area (Å²) < 4.78 is 9.42. The number of hydrogen-bond acceptors (Lipinski definition) is 3. The number of nitrogens with two attached hydrogens (primary N) is 1. The summed E-state index contributed by atoms with van der Waals surface area (Å²) in [6.07, 6.45) is -0.176. The fourth-order valence-corrected chi connectivity index (χ4v) is 0.348. The van der Waals surface area contributed by atoms with Gasteiger partial charge in [0.05, 0.1) is 6.61 Å². The van der Waals surface area contributed by atoms with Gasteiger partial charge in [-0.1, -0.05) is 0 Å². The summed E-state index contributed by atoms with van der Waals surface area (Å²) in [7, 11) is 0. The predicted octanol–water partition coefficient (Wildman–Crippen LogP) is -0.725. The van der Waals surface area contributed by atoms with Crippen LogP contribution in [0, 0.1) is 0 Å². The van der Waals surface area contributed by atoms with Gasteiger partial charge in [0.2, 0.25) is 0 Å². The average molecular weight is 89.1 g/mol. The number of ether oxygens (including phenoxy) is 2. The second-order valence-corrected chi connectivity index (χ2v) is 1.19. The van der Waals surface area contributed by atoms with Crippen LogP contribution in [0.3, 0.4) is 0 Å². The Morgan fingerprint density at radius 3 is 2.67 bits per heavy atom. The van der Waals surface area contributed by atoms with Gasteiger partial charge in [0.1, 0.15) is 13.0 Å². The van der Waals surface area contributed by atoms with Gasteiger partial charge in [-0.2, -0.15) is 0 Å². The van der Waals surface area contributed by atoms with Crippen LogP contribution in [0.2, 0.25) is 0 Å². The van der Waals surface area contributed by atoms with Gasteiger partial charge >= 0.3 is 0 Å². The first-order valence-corrected chi connectivity index (χ1v) is 1.84. The third kappa shape index (κ3) is 0.680. The van der Waals surface area contributed by atoms with Crippen molar-refractivity contribution in [3.8, 4) is 0 Å². The molecule has 0 radical (unpaired) electrons. The monoisotopic (exact) mass is 89.0 g/mol. The molecule has 1 aliphatic rings. The highest BCUT2D eigenvalue weighted by atomic mass is 16.7. The van der Waals surface area contributed by atoms with Crippen molar-refractivity contribution in [1.29, 1.82) is 0 Å². The van der Waals surface area contributed by atoms with Crippen LogP contribution in [0.5, 0.6) is 0 Å². The summed E-state index contributed by atoms with van der Waals surface area (Å²) in [6.45, 7) is 0.904. The Hall–Kier alpha value is -0.120. The zero-order chi connectivity index (χ0) is 4.41. The van der Waals surface area contributed by atoms with Crippen molar-refractivity contribution in [2.24, 2.45) is 5.73 Å². The first-order valence-electron chi connectivity index (χ1n) is 1.84. The molecule has 1 atom stereocenters. The summed E-state index contributed by atoms with van der Waals surface area (Å²) in [5.74, 6) is 0. The lowest BCUT2D eigenvalue weighted by Crippen LogP contribution is -2.20. The summed E-state index contributed by atoms with van der Waals surface area (Å²) in [6, 6.07) is 0. The van der Waals surface area contributed by atoms with E-state index in [2.05, 4.69) is 0 Å². The summed E-state index contributed by atoms with van der Waals surface area (Å²) in [4.78, 5) is 0. The molecule has 6 heavy (non-hydrogen) atoms. The Kier molecular flexibility index (Phi) is 1.05. The first kappa shape index (κ1) is 4.05. The SMILES string of the molecule is NC1COCO1. The Labute approximate surface area is 36.0 Å². The van der Waals surface area contributed by atoms with Gasteiger partial charge in [0.25, 0.3) is 0 Å². The second kappa shape index (κ2) is 1.55. The van der Waals surface area contributed by atoms with Crippen molar-refractivity contribution in [3.05, 3.63) is 0 Å². The van der Waals surface area contributed by atoms with Crippen LogP contribution in [0.4, 0.5) is 0 Å². The zero-order valence-corrected chi connectivity index (χ0v) is 3.39. The Morgan fingerprint density at radius 1 is 1.67 bits per heavy atom. The minimum absolute atomic E-state index is 0.176. The highest BCUT2D eigenvalue weighted by Gasteiger charge is 2.07.